The van der Waals surface area contributed by atoms with Crippen LogP contribution in [0.5, 0.6) is 0 Å². The molecule has 0 aliphatic carbocycles. The van der Waals surface area contributed by atoms with Crippen LogP contribution < -0.4 is 5.32 Å². The number of likely N-dealkylation sites (N-methyl/N-ethyl adjacent to an activating group) is 1. The van der Waals surface area contributed by atoms with Crippen LogP contribution in [0.1, 0.15) is 37.6 Å². The summed E-state index contributed by atoms with van der Waals surface area (Å²) in [5, 5.41) is 3.88. The molecule has 1 unspecified atom stereocenters. The van der Waals surface area contributed by atoms with Crippen molar-refractivity contribution >= 4 is 17.7 Å². The van der Waals surface area contributed by atoms with Gasteiger partial charge < -0.3 is 10.1 Å². The molecule has 21 heavy (non-hydrogen) atoms. The van der Waals surface area contributed by atoms with Crippen molar-refractivity contribution in [3.05, 3.63) is 17.5 Å². The number of ether oxygens (including phenoxy) is 1. The van der Waals surface area contributed by atoms with E-state index in [0.29, 0.717) is 0 Å². The summed E-state index contributed by atoms with van der Waals surface area (Å²) in [5.74, 6) is 0.736. The lowest BCUT2D eigenvalue weighted by Crippen LogP contribution is -2.48. The maximum Gasteiger partial charge on any atom is 0.325 e. The van der Waals surface area contributed by atoms with Gasteiger partial charge in [0.2, 0.25) is 0 Å². The number of rotatable bonds is 8. The Balaban J connectivity index is 2.35. The Kier molecular flexibility index (Phi) is 7.11. The zero-order chi connectivity index (χ0) is 15.9. The van der Waals surface area contributed by atoms with Gasteiger partial charge >= 0.3 is 5.97 Å². The van der Waals surface area contributed by atoms with Crippen molar-refractivity contribution in [2.45, 2.75) is 50.7 Å². The molecule has 1 atom stereocenters. The molecule has 0 bridgehead atoms. The minimum Gasteiger partial charge on any atom is -0.468 e. The van der Waals surface area contributed by atoms with Crippen LogP contribution in [0.25, 0.3) is 0 Å². The number of methoxy groups -OCH3 is 1. The lowest BCUT2D eigenvalue weighted by atomic mass is 9.95. The quantitative estimate of drug-likeness (QED) is 0.344. The number of nitrogens with one attached hydrogen (secondary N) is 1. The van der Waals surface area contributed by atoms with E-state index in [2.05, 4.69) is 15.3 Å². The Morgan fingerprint density at radius 2 is 1.95 bits per heavy atom. The van der Waals surface area contributed by atoms with Crippen molar-refractivity contribution in [1.29, 1.82) is 0 Å². The van der Waals surface area contributed by atoms with Gasteiger partial charge in [-0.25, -0.2) is 9.97 Å². The summed E-state index contributed by atoms with van der Waals surface area (Å²) in [6, 6.07) is 1.97. The largest absolute Gasteiger partial charge is 0.468 e. The molecule has 0 spiro atoms. The molecule has 1 aromatic heterocycles. The van der Waals surface area contributed by atoms with Crippen molar-refractivity contribution in [3.8, 4) is 0 Å². The molecule has 0 aliphatic rings. The fourth-order valence-corrected chi connectivity index (χ4v) is 3.00. The molecule has 118 valence electrons. The van der Waals surface area contributed by atoms with Crippen molar-refractivity contribution in [1.82, 2.24) is 15.3 Å². The van der Waals surface area contributed by atoms with E-state index in [1.807, 2.05) is 26.8 Å². The van der Waals surface area contributed by atoms with Crippen LogP contribution in [0.15, 0.2) is 11.2 Å². The molecule has 6 heteroatoms. The number of carbonyl (C=O) groups excluding carboxylic acids is 1. The molecule has 0 aromatic carbocycles. The van der Waals surface area contributed by atoms with Crippen molar-refractivity contribution in [2.75, 3.05) is 19.9 Å². The van der Waals surface area contributed by atoms with E-state index >= 15 is 0 Å². The average Bonchev–Trinajstić information content (AvgIpc) is 2.44. The van der Waals surface area contributed by atoms with Crippen LogP contribution in [-0.2, 0) is 9.53 Å². The molecule has 1 N–H and O–H groups in total. The Morgan fingerprint density at radius 1 is 1.33 bits per heavy atom. The maximum absolute atomic E-state index is 11.7. The molecular formula is C15H25N3O2S. The summed E-state index contributed by atoms with van der Waals surface area (Å²) >= 11 is 1.66. The van der Waals surface area contributed by atoms with Gasteiger partial charge in [0, 0.05) is 17.1 Å². The van der Waals surface area contributed by atoms with Crippen LogP contribution in [0.3, 0.4) is 0 Å². The second-order valence-electron chi connectivity index (χ2n) is 5.31. The van der Waals surface area contributed by atoms with E-state index in [9.17, 15) is 4.79 Å². The number of unbranched alkanes of at least 4 members (excludes halogenated alkanes) is 1. The normalized spacial score (nSPS) is 13.8. The van der Waals surface area contributed by atoms with Gasteiger partial charge in [-0.1, -0.05) is 18.2 Å². The van der Waals surface area contributed by atoms with Crippen LogP contribution in [0, 0.1) is 13.8 Å². The summed E-state index contributed by atoms with van der Waals surface area (Å²) in [6.07, 6.45) is 2.71. The zero-order valence-corrected chi connectivity index (χ0v) is 14.3. The van der Waals surface area contributed by atoms with Crippen molar-refractivity contribution < 1.29 is 9.53 Å². The molecule has 0 saturated heterocycles. The third-order valence-electron chi connectivity index (χ3n) is 3.45. The monoisotopic (exact) mass is 311 g/mol. The number of thioether (sulfide) groups is 1. The number of carbonyl (C=O) groups is 1. The Morgan fingerprint density at radius 3 is 2.48 bits per heavy atom. The van der Waals surface area contributed by atoms with Crippen LogP contribution in [0.2, 0.25) is 0 Å². The number of esters is 1. The number of nitrogens with zero attached hydrogens (tertiary/aromatic N) is 2. The molecule has 0 saturated carbocycles. The van der Waals surface area contributed by atoms with Gasteiger partial charge in [0.25, 0.3) is 0 Å². The van der Waals surface area contributed by atoms with E-state index in [4.69, 9.17) is 4.74 Å². The van der Waals surface area contributed by atoms with Gasteiger partial charge in [-0.15, -0.1) is 0 Å². The van der Waals surface area contributed by atoms with Crippen molar-refractivity contribution in [3.63, 3.8) is 0 Å². The number of aromatic nitrogens is 2. The summed E-state index contributed by atoms with van der Waals surface area (Å²) in [6.45, 7) is 5.83. The van der Waals surface area contributed by atoms with Gasteiger partial charge in [-0.3, -0.25) is 4.79 Å². The summed E-state index contributed by atoms with van der Waals surface area (Å²) in [7, 11) is 3.21. The van der Waals surface area contributed by atoms with E-state index in [0.717, 1.165) is 41.6 Å². The molecule has 5 nitrogen and oxygen atoms in total. The van der Waals surface area contributed by atoms with E-state index in [1.165, 1.54) is 7.11 Å². The van der Waals surface area contributed by atoms with Crippen LogP contribution in [-0.4, -0.2) is 41.4 Å². The lowest BCUT2D eigenvalue weighted by molar-refractivity contribution is -0.148. The Hall–Kier alpha value is -1.14. The highest BCUT2D eigenvalue weighted by Crippen LogP contribution is 2.19. The first-order valence-corrected chi connectivity index (χ1v) is 8.12. The maximum atomic E-state index is 11.7. The van der Waals surface area contributed by atoms with E-state index in [-0.39, 0.29) is 5.97 Å². The molecule has 1 rings (SSSR count). The predicted molar refractivity (Wildman–Crippen MR) is 85.6 cm³/mol. The first-order valence-electron chi connectivity index (χ1n) is 7.13. The van der Waals surface area contributed by atoms with E-state index in [1.54, 1.807) is 18.8 Å². The number of hydrogen-bond acceptors (Lipinski definition) is 6. The van der Waals surface area contributed by atoms with Gasteiger partial charge in [0.15, 0.2) is 5.16 Å². The molecule has 0 fully saturated rings. The third-order valence-corrected chi connectivity index (χ3v) is 4.39. The van der Waals surface area contributed by atoms with Gasteiger partial charge in [-0.05, 0) is 46.7 Å². The summed E-state index contributed by atoms with van der Waals surface area (Å²) in [5.41, 5.74) is 1.40. The first kappa shape index (κ1) is 17.9. The predicted octanol–water partition coefficient (Wildman–Crippen LogP) is 2.51. The zero-order valence-electron chi connectivity index (χ0n) is 13.5. The van der Waals surface area contributed by atoms with Gasteiger partial charge in [-0.2, -0.15) is 0 Å². The second kappa shape index (κ2) is 8.34. The lowest BCUT2D eigenvalue weighted by Gasteiger charge is -2.25. The number of hydrogen-bond donors (Lipinski definition) is 1. The van der Waals surface area contributed by atoms with Gasteiger partial charge in [0.05, 0.1) is 7.11 Å². The van der Waals surface area contributed by atoms with Crippen LogP contribution in [0.4, 0.5) is 0 Å². The Bertz CT molecular complexity index is 462. The Labute approximate surface area is 131 Å². The molecule has 0 radical (unpaired) electrons. The van der Waals surface area contributed by atoms with Crippen molar-refractivity contribution in [2.24, 2.45) is 0 Å². The summed E-state index contributed by atoms with van der Waals surface area (Å²) < 4.78 is 4.83. The second-order valence-corrected chi connectivity index (χ2v) is 6.37. The standard InChI is InChI=1S/C15H25N3O2S/c1-11-10-12(2)18-14(17-11)21-9-7-6-8-15(3,16-4)13(19)20-5/h10,16H,6-9H2,1-5H3. The molecular weight excluding hydrogens is 286 g/mol. The first-order chi connectivity index (χ1) is 9.91. The highest BCUT2D eigenvalue weighted by molar-refractivity contribution is 7.99. The fourth-order valence-electron chi connectivity index (χ4n) is 2.06. The molecule has 1 aromatic rings. The van der Waals surface area contributed by atoms with Gasteiger partial charge in [0.1, 0.15) is 5.54 Å². The SMILES string of the molecule is CNC(C)(CCCCSc1nc(C)cc(C)n1)C(=O)OC. The summed E-state index contributed by atoms with van der Waals surface area (Å²) in [4.78, 5) is 20.5. The third kappa shape index (κ3) is 5.63. The molecule has 0 aliphatic heterocycles. The topological polar surface area (TPSA) is 64.1 Å². The van der Waals surface area contributed by atoms with E-state index < -0.39 is 5.54 Å². The highest BCUT2D eigenvalue weighted by atomic mass is 32.2. The molecule has 0 amide bonds. The number of aryl methyl sites for hydroxylation is 2. The minimum absolute atomic E-state index is 0.213. The minimum atomic E-state index is -0.601. The fraction of sp³-hybridized carbons (Fsp3) is 0.667. The van der Waals surface area contributed by atoms with Crippen LogP contribution >= 0.6 is 11.8 Å². The average molecular weight is 311 g/mol. The smallest absolute Gasteiger partial charge is 0.325 e. The highest BCUT2D eigenvalue weighted by Gasteiger charge is 2.31. The molecule has 1 heterocycles.